The Morgan fingerprint density at radius 3 is 2.59 bits per heavy atom. The van der Waals surface area contributed by atoms with Crippen LogP contribution in [0.4, 0.5) is 17.5 Å². The zero-order valence-electron chi connectivity index (χ0n) is 15.0. The van der Waals surface area contributed by atoms with E-state index in [4.69, 9.17) is 5.73 Å². The van der Waals surface area contributed by atoms with Gasteiger partial charge in [0.1, 0.15) is 12.1 Å². The average molecular weight is 362 g/mol. The molecule has 8 nitrogen and oxygen atoms in total. The molecule has 4 N–H and O–H groups in total. The second kappa shape index (κ2) is 8.05. The van der Waals surface area contributed by atoms with Crippen LogP contribution in [0.25, 0.3) is 11.3 Å². The summed E-state index contributed by atoms with van der Waals surface area (Å²) in [5.41, 5.74) is 9.29. The Hall–Kier alpha value is -3.13. The van der Waals surface area contributed by atoms with Crippen molar-refractivity contribution in [1.29, 1.82) is 0 Å². The fraction of sp³-hybridized carbons (Fsp3) is 0.316. The first kappa shape index (κ1) is 17.3. The topological polar surface area (TPSA) is 115 Å². The number of pyridine rings is 1. The van der Waals surface area contributed by atoms with Crippen molar-refractivity contribution in [3.63, 3.8) is 0 Å². The lowest BCUT2D eigenvalue weighted by molar-refractivity contribution is 0.865. The monoisotopic (exact) mass is 362 g/mol. The number of hydrogen-bond acceptors (Lipinski definition) is 8. The molecular formula is C19H22N8. The van der Waals surface area contributed by atoms with E-state index in [0.717, 1.165) is 35.7 Å². The molecule has 0 radical (unpaired) electrons. The van der Waals surface area contributed by atoms with Crippen LogP contribution in [0.1, 0.15) is 30.7 Å². The van der Waals surface area contributed by atoms with Gasteiger partial charge in [0.05, 0.1) is 17.6 Å². The molecule has 0 atom stereocenters. The second-order valence-corrected chi connectivity index (χ2v) is 6.53. The first-order valence-electron chi connectivity index (χ1n) is 9.13. The molecule has 0 amide bonds. The molecule has 0 spiro atoms. The van der Waals surface area contributed by atoms with E-state index >= 15 is 0 Å². The van der Waals surface area contributed by atoms with Crippen LogP contribution >= 0.6 is 0 Å². The van der Waals surface area contributed by atoms with Gasteiger partial charge in [-0.25, -0.2) is 15.0 Å². The van der Waals surface area contributed by atoms with Gasteiger partial charge >= 0.3 is 0 Å². The predicted molar refractivity (Wildman–Crippen MR) is 105 cm³/mol. The Kier molecular flexibility index (Phi) is 5.15. The van der Waals surface area contributed by atoms with E-state index in [1.807, 2.05) is 18.3 Å². The van der Waals surface area contributed by atoms with Gasteiger partial charge in [-0.15, -0.1) is 0 Å². The number of hydrogen-bond donors (Lipinski definition) is 3. The van der Waals surface area contributed by atoms with Gasteiger partial charge in [-0.05, 0) is 43.9 Å². The smallest absolute Gasteiger partial charge is 0.229 e. The molecular weight excluding hydrogens is 340 g/mol. The van der Waals surface area contributed by atoms with E-state index in [0.29, 0.717) is 18.4 Å². The van der Waals surface area contributed by atoms with Gasteiger partial charge in [-0.2, -0.15) is 4.98 Å². The molecule has 3 aromatic rings. The molecule has 27 heavy (non-hydrogen) atoms. The lowest BCUT2D eigenvalue weighted by Gasteiger charge is -2.12. The minimum Gasteiger partial charge on any atom is -0.370 e. The highest BCUT2D eigenvalue weighted by Crippen LogP contribution is 2.42. The van der Waals surface area contributed by atoms with Gasteiger partial charge in [0.15, 0.2) is 0 Å². The normalized spacial score (nSPS) is 13.4. The van der Waals surface area contributed by atoms with Crippen molar-refractivity contribution >= 4 is 17.5 Å². The maximum atomic E-state index is 5.59. The van der Waals surface area contributed by atoms with Gasteiger partial charge in [0.2, 0.25) is 5.95 Å². The van der Waals surface area contributed by atoms with Crippen LogP contribution < -0.4 is 16.4 Å². The highest BCUT2D eigenvalue weighted by molar-refractivity contribution is 5.61. The summed E-state index contributed by atoms with van der Waals surface area (Å²) in [7, 11) is 0. The highest BCUT2D eigenvalue weighted by atomic mass is 15.1. The van der Waals surface area contributed by atoms with E-state index in [1.54, 1.807) is 18.6 Å². The molecule has 4 rings (SSSR count). The molecule has 1 aliphatic rings. The van der Waals surface area contributed by atoms with Crippen molar-refractivity contribution in [1.82, 2.24) is 24.9 Å². The molecule has 0 aliphatic heterocycles. The van der Waals surface area contributed by atoms with E-state index < -0.39 is 0 Å². The minimum atomic E-state index is 0.548. The number of nitrogens with zero attached hydrogens (tertiary/aromatic N) is 5. The average Bonchev–Trinajstić information content (AvgIpc) is 3.55. The van der Waals surface area contributed by atoms with Crippen LogP contribution in [-0.4, -0.2) is 38.0 Å². The molecule has 3 aromatic heterocycles. The Labute approximate surface area is 157 Å². The maximum Gasteiger partial charge on any atom is 0.229 e. The SMILES string of the molecule is NCCCNc1nc(Nc2ccc(-c3cncnc3)nc2)ncc1C1CC1. The van der Waals surface area contributed by atoms with Crippen molar-refractivity contribution in [3.8, 4) is 11.3 Å². The Bertz CT molecular complexity index is 878. The van der Waals surface area contributed by atoms with Crippen molar-refractivity contribution in [2.45, 2.75) is 25.2 Å². The fourth-order valence-corrected chi connectivity index (χ4v) is 2.79. The molecule has 0 unspecified atom stereocenters. The molecule has 1 fully saturated rings. The highest BCUT2D eigenvalue weighted by Gasteiger charge is 2.27. The zero-order valence-corrected chi connectivity index (χ0v) is 15.0. The lowest BCUT2D eigenvalue weighted by Crippen LogP contribution is -2.12. The molecule has 0 saturated heterocycles. The predicted octanol–water partition coefficient (Wildman–Crippen LogP) is 2.71. The lowest BCUT2D eigenvalue weighted by atomic mass is 10.2. The second-order valence-electron chi connectivity index (χ2n) is 6.53. The molecule has 3 heterocycles. The zero-order chi connectivity index (χ0) is 18.5. The number of aromatic nitrogens is 5. The summed E-state index contributed by atoms with van der Waals surface area (Å²) in [6, 6.07) is 3.86. The summed E-state index contributed by atoms with van der Waals surface area (Å²) in [6.45, 7) is 1.47. The van der Waals surface area contributed by atoms with Crippen LogP contribution in [0.3, 0.4) is 0 Å². The van der Waals surface area contributed by atoms with Crippen molar-refractivity contribution in [2.24, 2.45) is 5.73 Å². The van der Waals surface area contributed by atoms with Crippen LogP contribution in [0.15, 0.2) is 43.2 Å². The summed E-state index contributed by atoms with van der Waals surface area (Å²) in [6.07, 6.45) is 12.0. The molecule has 0 bridgehead atoms. The number of nitrogens with one attached hydrogen (secondary N) is 2. The van der Waals surface area contributed by atoms with Gasteiger partial charge < -0.3 is 16.4 Å². The van der Waals surface area contributed by atoms with Crippen molar-refractivity contribution in [3.05, 3.63) is 48.8 Å². The Balaban J connectivity index is 1.49. The van der Waals surface area contributed by atoms with Gasteiger partial charge in [0.25, 0.3) is 0 Å². The molecule has 8 heteroatoms. The van der Waals surface area contributed by atoms with E-state index in [9.17, 15) is 0 Å². The van der Waals surface area contributed by atoms with E-state index in [-0.39, 0.29) is 0 Å². The first-order chi connectivity index (χ1) is 13.3. The summed E-state index contributed by atoms with van der Waals surface area (Å²) in [4.78, 5) is 21.6. The van der Waals surface area contributed by atoms with Gasteiger partial charge in [0, 0.05) is 36.3 Å². The van der Waals surface area contributed by atoms with E-state index in [2.05, 4.69) is 35.6 Å². The number of anilines is 3. The van der Waals surface area contributed by atoms with Gasteiger partial charge in [-0.1, -0.05) is 0 Å². The quantitative estimate of drug-likeness (QED) is 0.524. The van der Waals surface area contributed by atoms with Crippen LogP contribution in [-0.2, 0) is 0 Å². The van der Waals surface area contributed by atoms with Crippen molar-refractivity contribution in [2.75, 3.05) is 23.7 Å². The molecule has 138 valence electrons. The van der Waals surface area contributed by atoms with Crippen LogP contribution in [0, 0.1) is 0 Å². The minimum absolute atomic E-state index is 0.548. The third-order valence-corrected chi connectivity index (χ3v) is 4.38. The van der Waals surface area contributed by atoms with Crippen LogP contribution in [0.5, 0.6) is 0 Å². The molecule has 0 aromatic carbocycles. The third-order valence-electron chi connectivity index (χ3n) is 4.38. The summed E-state index contributed by atoms with van der Waals surface area (Å²) < 4.78 is 0. The largest absolute Gasteiger partial charge is 0.370 e. The summed E-state index contributed by atoms with van der Waals surface area (Å²) in [5, 5.41) is 6.61. The number of nitrogens with two attached hydrogens (primary N) is 1. The number of rotatable bonds is 8. The maximum absolute atomic E-state index is 5.59. The Morgan fingerprint density at radius 2 is 1.89 bits per heavy atom. The summed E-state index contributed by atoms with van der Waals surface area (Å²) >= 11 is 0. The van der Waals surface area contributed by atoms with Crippen molar-refractivity contribution < 1.29 is 0 Å². The third kappa shape index (κ3) is 4.35. The summed E-state index contributed by atoms with van der Waals surface area (Å²) in [5.74, 6) is 2.02. The van der Waals surface area contributed by atoms with Gasteiger partial charge in [-0.3, -0.25) is 4.98 Å². The first-order valence-corrected chi connectivity index (χ1v) is 9.13. The standard InChI is InChI=1S/C19H22N8/c20-6-1-7-23-18-16(13-2-3-13)11-25-19(27-18)26-15-4-5-17(24-10-15)14-8-21-12-22-9-14/h4-5,8-13H,1-3,6-7,20H2,(H2,23,25,26,27). The molecule has 1 saturated carbocycles. The van der Waals surface area contributed by atoms with Crippen LogP contribution in [0.2, 0.25) is 0 Å². The van der Waals surface area contributed by atoms with E-state index in [1.165, 1.54) is 24.7 Å². The Morgan fingerprint density at radius 1 is 1.04 bits per heavy atom. The molecule has 1 aliphatic carbocycles. The fourth-order valence-electron chi connectivity index (χ4n) is 2.79.